The molecule has 4 N–H and O–H groups in total. The molecule has 10 heavy (non-hydrogen) atoms. The first-order chi connectivity index (χ1) is 3.55. The Hall–Kier alpha value is 0.416. The Balaban J connectivity index is -0.000000245. The van der Waals surface area contributed by atoms with Gasteiger partial charge in [-0.25, -0.2) is 0 Å². The zero-order valence-corrected chi connectivity index (χ0v) is 7.52. The van der Waals surface area contributed by atoms with E-state index in [9.17, 15) is 4.79 Å². The van der Waals surface area contributed by atoms with E-state index in [0.29, 0.717) is 0 Å². The van der Waals surface area contributed by atoms with Gasteiger partial charge in [-0.1, -0.05) is 0 Å². The molecule has 0 rings (SSSR count). The van der Waals surface area contributed by atoms with Gasteiger partial charge in [0, 0.05) is 33.9 Å². The van der Waals surface area contributed by atoms with Gasteiger partial charge in [-0.3, -0.25) is 4.79 Å². The fourth-order valence-electron chi connectivity index (χ4n) is 0.206. The van der Waals surface area contributed by atoms with Crippen LogP contribution in [0.5, 0.6) is 0 Å². The van der Waals surface area contributed by atoms with E-state index in [-0.39, 0.29) is 33.9 Å². The third kappa shape index (κ3) is 6.53. The van der Waals surface area contributed by atoms with Crippen LogP contribution in [0.2, 0.25) is 0 Å². The van der Waals surface area contributed by atoms with Gasteiger partial charge in [-0.2, -0.15) is 0 Å². The smallest absolute Gasteiger partial charge is 0.323 e. The SMILES string of the molecule is C[C@@H](O)[C@H](N)C(=O)O.[Cr].[Ni]. The average Bonchev–Trinajstić information content (AvgIpc) is 1.64. The van der Waals surface area contributed by atoms with Crippen LogP contribution in [-0.4, -0.2) is 28.3 Å². The van der Waals surface area contributed by atoms with Crippen LogP contribution in [0.1, 0.15) is 6.92 Å². The second-order valence-corrected chi connectivity index (χ2v) is 1.60. The number of rotatable bonds is 2. The number of hydrogen-bond acceptors (Lipinski definition) is 3. The van der Waals surface area contributed by atoms with Crippen LogP contribution in [0.15, 0.2) is 0 Å². The molecule has 0 fully saturated rings. The van der Waals surface area contributed by atoms with Crippen molar-refractivity contribution in [2.45, 2.75) is 19.1 Å². The number of nitrogens with two attached hydrogens (primary N) is 1. The molecule has 0 aliphatic carbocycles. The van der Waals surface area contributed by atoms with Crippen molar-refractivity contribution >= 4 is 5.97 Å². The topological polar surface area (TPSA) is 83.5 Å². The molecule has 4 nitrogen and oxygen atoms in total. The van der Waals surface area contributed by atoms with Crippen LogP contribution in [0, 0.1) is 0 Å². The van der Waals surface area contributed by atoms with Crippen LogP contribution in [-0.2, 0) is 38.6 Å². The summed E-state index contributed by atoms with van der Waals surface area (Å²) in [5.74, 6) is -1.18. The summed E-state index contributed by atoms with van der Waals surface area (Å²) in [6.45, 7) is 1.33. The third-order valence-corrected chi connectivity index (χ3v) is 0.805. The molecule has 0 aliphatic rings. The van der Waals surface area contributed by atoms with E-state index in [4.69, 9.17) is 15.9 Å². The summed E-state index contributed by atoms with van der Waals surface area (Å²) >= 11 is 0. The number of aliphatic carboxylic acids is 1. The Labute approximate surface area is 79.8 Å². The Morgan fingerprint density at radius 2 is 1.90 bits per heavy atom. The number of hydrogen-bond donors (Lipinski definition) is 3. The predicted octanol–water partition coefficient (Wildman–Crippen LogP) is -1.23. The molecule has 0 saturated heterocycles. The molecule has 0 spiro atoms. The normalized spacial score (nSPS) is 13.9. The Morgan fingerprint density at radius 1 is 1.60 bits per heavy atom. The summed E-state index contributed by atoms with van der Waals surface area (Å²) in [5.41, 5.74) is 4.91. The fourth-order valence-corrected chi connectivity index (χ4v) is 0.206. The minimum atomic E-state index is -1.18. The van der Waals surface area contributed by atoms with Crippen LogP contribution < -0.4 is 5.73 Å². The zero-order valence-electron chi connectivity index (χ0n) is 5.26. The number of carboxylic acid groups (broad SMARTS) is 1. The van der Waals surface area contributed by atoms with Gasteiger partial charge in [0.25, 0.3) is 0 Å². The Kier molecular flexibility index (Phi) is 12.6. The molecular weight excluding hydrogens is 221 g/mol. The molecule has 0 aromatic heterocycles. The summed E-state index contributed by atoms with van der Waals surface area (Å²) < 4.78 is 0. The first kappa shape index (κ1) is 16.8. The minimum absolute atomic E-state index is 0. The predicted molar refractivity (Wildman–Crippen MR) is 27.3 cm³/mol. The number of carboxylic acids is 1. The molecular formula is C4H9CrNNiO3. The van der Waals surface area contributed by atoms with E-state index in [1.54, 1.807) is 0 Å². The van der Waals surface area contributed by atoms with Crippen LogP contribution in [0.25, 0.3) is 0 Å². The van der Waals surface area contributed by atoms with Crippen LogP contribution >= 0.6 is 0 Å². The molecule has 0 bridgehead atoms. The zero-order chi connectivity index (χ0) is 6.73. The van der Waals surface area contributed by atoms with Crippen LogP contribution in [0.4, 0.5) is 0 Å². The Bertz CT molecular complexity index is 101. The Morgan fingerprint density at radius 3 is 1.90 bits per heavy atom. The molecule has 0 saturated carbocycles. The van der Waals surface area contributed by atoms with Crippen molar-refractivity contribution in [3.8, 4) is 0 Å². The van der Waals surface area contributed by atoms with Gasteiger partial charge in [0.1, 0.15) is 6.04 Å². The second-order valence-electron chi connectivity index (χ2n) is 1.60. The fraction of sp³-hybridized carbons (Fsp3) is 0.750. The van der Waals surface area contributed by atoms with Gasteiger partial charge >= 0.3 is 5.97 Å². The molecule has 0 aromatic rings. The summed E-state index contributed by atoms with van der Waals surface area (Å²) in [7, 11) is 0. The van der Waals surface area contributed by atoms with Crippen molar-refractivity contribution in [1.82, 2.24) is 0 Å². The van der Waals surface area contributed by atoms with Crippen molar-refractivity contribution in [2.75, 3.05) is 0 Å². The molecule has 64 valence electrons. The number of aliphatic hydroxyl groups excluding tert-OH is 1. The minimum Gasteiger partial charge on any atom is -0.480 e. The van der Waals surface area contributed by atoms with Crippen molar-refractivity contribution in [3.63, 3.8) is 0 Å². The van der Waals surface area contributed by atoms with E-state index in [1.807, 2.05) is 0 Å². The van der Waals surface area contributed by atoms with E-state index >= 15 is 0 Å². The van der Waals surface area contributed by atoms with Gasteiger partial charge in [-0.05, 0) is 6.92 Å². The molecule has 0 aliphatic heterocycles. The summed E-state index contributed by atoms with van der Waals surface area (Å²) in [6.07, 6.45) is -0.979. The summed E-state index contributed by atoms with van der Waals surface area (Å²) in [5, 5.41) is 16.6. The average molecular weight is 230 g/mol. The van der Waals surface area contributed by atoms with Gasteiger partial charge < -0.3 is 15.9 Å². The maximum Gasteiger partial charge on any atom is 0.323 e. The van der Waals surface area contributed by atoms with E-state index in [1.165, 1.54) is 6.92 Å². The summed E-state index contributed by atoms with van der Waals surface area (Å²) in [4.78, 5) is 9.86. The summed E-state index contributed by atoms with van der Waals surface area (Å²) in [6, 6.07) is -1.16. The maximum atomic E-state index is 9.86. The molecule has 0 heterocycles. The largest absolute Gasteiger partial charge is 0.480 e. The van der Waals surface area contributed by atoms with Gasteiger partial charge in [0.15, 0.2) is 0 Å². The third-order valence-electron chi connectivity index (χ3n) is 0.805. The molecule has 0 unspecified atom stereocenters. The molecule has 0 radical (unpaired) electrons. The van der Waals surface area contributed by atoms with Gasteiger partial charge in [0.05, 0.1) is 6.10 Å². The first-order valence-corrected chi connectivity index (χ1v) is 2.22. The second kappa shape index (κ2) is 7.52. The van der Waals surface area contributed by atoms with Crippen molar-refractivity contribution in [2.24, 2.45) is 5.73 Å². The van der Waals surface area contributed by atoms with Gasteiger partial charge in [-0.15, -0.1) is 0 Å². The number of carbonyl (C=O) groups is 1. The quantitative estimate of drug-likeness (QED) is 0.518. The van der Waals surface area contributed by atoms with Crippen molar-refractivity contribution in [1.29, 1.82) is 0 Å². The first-order valence-electron chi connectivity index (χ1n) is 2.22. The molecule has 0 aromatic carbocycles. The van der Waals surface area contributed by atoms with Crippen molar-refractivity contribution < 1.29 is 48.9 Å². The molecule has 2 atom stereocenters. The maximum absolute atomic E-state index is 9.86. The molecule has 6 heteroatoms. The van der Waals surface area contributed by atoms with Gasteiger partial charge in [0.2, 0.25) is 0 Å². The van der Waals surface area contributed by atoms with E-state index in [2.05, 4.69) is 0 Å². The van der Waals surface area contributed by atoms with Crippen LogP contribution in [0.3, 0.4) is 0 Å². The molecule has 0 amide bonds. The van der Waals surface area contributed by atoms with E-state index in [0.717, 1.165) is 0 Å². The number of aliphatic hydroxyl groups is 1. The van der Waals surface area contributed by atoms with Crippen molar-refractivity contribution in [3.05, 3.63) is 0 Å². The standard InChI is InChI=1S/C4H9NO3.Cr.Ni/c1-2(6)3(5)4(7)8;;/h2-3,6H,5H2,1H3,(H,7,8);;/t2-,3+;;/m1../s1. The van der Waals surface area contributed by atoms with E-state index < -0.39 is 18.1 Å². The monoisotopic (exact) mass is 229 g/mol.